The number of rotatable bonds is 7. The smallest absolute Gasteiger partial charge is 0.277 e. The summed E-state index contributed by atoms with van der Waals surface area (Å²) in [5, 5.41) is 23.0. The number of carbonyl (C=O) groups excluding carboxylic acids is 1. The highest BCUT2D eigenvalue weighted by Gasteiger charge is 2.26. The number of thiazole rings is 1. The second-order valence-electron chi connectivity index (χ2n) is 6.93. The van der Waals surface area contributed by atoms with Crippen LogP contribution in [0, 0.1) is 20.2 Å². The molecule has 0 saturated heterocycles. The third kappa shape index (κ3) is 4.69. The summed E-state index contributed by atoms with van der Waals surface area (Å²) in [5.74, 6) is -0.615. The molecule has 0 atom stereocenters. The van der Waals surface area contributed by atoms with Crippen molar-refractivity contribution in [2.24, 2.45) is 0 Å². The highest BCUT2D eigenvalue weighted by atomic mass is 32.2. The molecule has 0 aliphatic carbocycles. The second-order valence-corrected chi connectivity index (χ2v) is 8.79. The average Bonchev–Trinajstić information content (AvgIpc) is 3.26. The molecule has 0 saturated carbocycles. The minimum absolute atomic E-state index is 0.143. The van der Waals surface area contributed by atoms with Crippen molar-refractivity contribution in [2.45, 2.75) is 11.4 Å². The zero-order valence-corrected chi connectivity index (χ0v) is 18.8. The van der Waals surface area contributed by atoms with Gasteiger partial charge in [0.25, 0.3) is 17.3 Å². The number of aromatic nitrogens is 1. The molecule has 0 spiro atoms. The van der Waals surface area contributed by atoms with Gasteiger partial charge in [0.2, 0.25) is 0 Å². The number of nitro benzene ring substituents is 2. The van der Waals surface area contributed by atoms with Crippen molar-refractivity contribution in [1.82, 2.24) is 4.98 Å². The third-order valence-corrected chi connectivity index (χ3v) is 6.63. The molecule has 1 amide bonds. The molecule has 9 nitrogen and oxygen atoms in total. The third-order valence-electron chi connectivity index (χ3n) is 4.82. The standard InChI is InChI=1S/C22H16N4O5S2/c1-32-18-8-5-9-19-20(18)23-22(33-19)24(13-14-6-3-2-4-7-14)21(27)15-10-16(25(28)29)12-17(11-15)26(30)31/h2-12H,13H2,1H3. The van der Waals surface area contributed by atoms with Crippen molar-refractivity contribution in [3.63, 3.8) is 0 Å². The zero-order chi connectivity index (χ0) is 23.5. The molecule has 4 aromatic rings. The maximum Gasteiger partial charge on any atom is 0.277 e. The lowest BCUT2D eigenvalue weighted by Gasteiger charge is -2.20. The predicted molar refractivity (Wildman–Crippen MR) is 128 cm³/mol. The van der Waals surface area contributed by atoms with Gasteiger partial charge in [-0.05, 0) is 24.0 Å². The Labute approximate surface area is 196 Å². The molecule has 33 heavy (non-hydrogen) atoms. The first-order chi connectivity index (χ1) is 15.9. The molecule has 4 rings (SSSR count). The van der Waals surface area contributed by atoms with Gasteiger partial charge in [0.15, 0.2) is 5.13 Å². The molecule has 3 aromatic carbocycles. The van der Waals surface area contributed by atoms with E-state index in [0.717, 1.165) is 38.9 Å². The molecule has 1 aromatic heterocycles. The first-order valence-electron chi connectivity index (χ1n) is 9.60. The number of para-hydroxylation sites is 1. The van der Waals surface area contributed by atoms with Gasteiger partial charge in [-0.3, -0.25) is 29.9 Å². The van der Waals surface area contributed by atoms with Crippen LogP contribution in [0.2, 0.25) is 0 Å². The quantitative estimate of drug-likeness (QED) is 0.189. The van der Waals surface area contributed by atoms with E-state index in [1.165, 1.54) is 28.0 Å². The fourth-order valence-corrected chi connectivity index (χ4v) is 4.89. The minimum atomic E-state index is -0.756. The number of fused-ring (bicyclic) bond motifs is 1. The van der Waals surface area contributed by atoms with Crippen LogP contribution in [0.15, 0.2) is 71.6 Å². The van der Waals surface area contributed by atoms with Crippen LogP contribution >= 0.6 is 23.1 Å². The number of amides is 1. The number of hydrogen-bond acceptors (Lipinski definition) is 8. The Hall–Kier alpha value is -3.83. The number of non-ortho nitro benzene ring substituents is 2. The van der Waals surface area contributed by atoms with Crippen LogP contribution in [-0.2, 0) is 6.54 Å². The summed E-state index contributed by atoms with van der Waals surface area (Å²) in [7, 11) is 0. The van der Waals surface area contributed by atoms with Crippen molar-refractivity contribution in [3.05, 3.63) is 98.1 Å². The Morgan fingerprint density at radius 3 is 2.27 bits per heavy atom. The van der Waals surface area contributed by atoms with Crippen molar-refractivity contribution in [3.8, 4) is 0 Å². The van der Waals surface area contributed by atoms with Gasteiger partial charge in [0, 0.05) is 17.0 Å². The first kappa shape index (κ1) is 22.4. The summed E-state index contributed by atoms with van der Waals surface area (Å²) in [6, 6.07) is 17.9. The maximum absolute atomic E-state index is 13.6. The highest BCUT2D eigenvalue weighted by Crippen LogP contribution is 2.35. The van der Waals surface area contributed by atoms with Crippen molar-refractivity contribution in [1.29, 1.82) is 0 Å². The molecule has 0 radical (unpaired) electrons. The van der Waals surface area contributed by atoms with Crippen molar-refractivity contribution < 1.29 is 14.6 Å². The van der Waals surface area contributed by atoms with Crippen LogP contribution in [0.4, 0.5) is 16.5 Å². The topological polar surface area (TPSA) is 119 Å². The second kappa shape index (κ2) is 9.35. The van der Waals surface area contributed by atoms with E-state index in [1.54, 1.807) is 0 Å². The van der Waals surface area contributed by atoms with Gasteiger partial charge < -0.3 is 0 Å². The normalized spacial score (nSPS) is 10.8. The van der Waals surface area contributed by atoms with Crippen LogP contribution in [0.3, 0.4) is 0 Å². The van der Waals surface area contributed by atoms with Gasteiger partial charge in [0.1, 0.15) is 0 Å². The lowest BCUT2D eigenvalue weighted by atomic mass is 10.1. The summed E-state index contributed by atoms with van der Waals surface area (Å²) in [6.07, 6.45) is 1.93. The number of nitro groups is 2. The zero-order valence-electron chi connectivity index (χ0n) is 17.2. The van der Waals surface area contributed by atoms with Gasteiger partial charge >= 0.3 is 0 Å². The molecule has 0 N–H and O–H groups in total. The van der Waals surface area contributed by atoms with E-state index >= 15 is 0 Å². The number of hydrogen-bond donors (Lipinski definition) is 0. The molecule has 0 fully saturated rings. The van der Waals surface area contributed by atoms with Gasteiger partial charge in [-0.1, -0.05) is 47.7 Å². The van der Waals surface area contributed by atoms with E-state index in [9.17, 15) is 25.0 Å². The van der Waals surface area contributed by atoms with Crippen LogP contribution in [-0.4, -0.2) is 27.0 Å². The molecule has 0 aliphatic rings. The Balaban J connectivity index is 1.84. The maximum atomic E-state index is 13.6. The van der Waals surface area contributed by atoms with Gasteiger partial charge in [-0.25, -0.2) is 4.98 Å². The molecule has 0 bridgehead atoms. The summed E-state index contributed by atoms with van der Waals surface area (Å²) in [4.78, 5) is 41.7. The summed E-state index contributed by atoms with van der Waals surface area (Å²) < 4.78 is 0.882. The fourth-order valence-electron chi connectivity index (χ4n) is 3.27. The van der Waals surface area contributed by atoms with Crippen LogP contribution in [0.5, 0.6) is 0 Å². The van der Waals surface area contributed by atoms with E-state index in [2.05, 4.69) is 4.98 Å². The van der Waals surface area contributed by atoms with Crippen molar-refractivity contribution >= 4 is 55.7 Å². The number of carbonyl (C=O) groups is 1. The van der Waals surface area contributed by atoms with Crippen LogP contribution < -0.4 is 4.90 Å². The SMILES string of the molecule is CSc1cccc2sc(N(Cc3ccccc3)C(=O)c3cc([N+](=O)[O-])cc([N+](=O)[O-])c3)nc12. The lowest BCUT2D eigenvalue weighted by Crippen LogP contribution is -2.30. The average molecular weight is 481 g/mol. The summed E-state index contributed by atoms with van der Waals surface area (Å²) in [5.41, 5.74) is 0.356. The Morgan fingerprint density at radius 2 is 1.67 bits per heavy atom. The molecule has 0 unspecified atom stereocenters. The van der Waals surface area contributed by atoms with Gasteiger partial charge in [-0.2, -0.15) is 0 Å². The molecule has 1 heterocycles. The first-order valence-corrected chi connectivity index (χ1v) is 11.6. The highest BCUT2D eigenvalue weighted by molar-refractivity contribution is 7.98. The van der Waals surface area contributed by atoms with E-state index in [4.69, 9.17) is 0 Å². The summed E-state index contributed by atoms with van der Waals surface area (Å²) >= 11 is 2.84. The molecular formula is C22H16N4O5S2. The Kier molecular flexibility index (Phi) is 6.33. The molecule has 0 aliphatic heterocycles. The van der Waals surface area contributed by atoms with Crippen molar-refractivity contribution in [2.75, 3.05) is 11.2 Å². The Morgan fingerprint density at radius 1 is 1.00 bits per heavy atom. The summed E-state index contributed by atoms with van der Waals surface area (Å²) in [6.45, 7) is 0.143. The van der Waals surface area contributed by atoms with E-state index in [0.29, 0.717) is 5.13 Å². The molecule has 11 heteroatoms. The van der Waals surface area contributed by atoms with E-state index in [1.807, 2.05) is 54.8 Å². The lowest BCUT2D eigenvalue weighted by molar-refractivity contribution is -0.394. The van der Waals surface area contributed by atoms with Gasteiger partial charge in [0.05, 0.1) is 38.2 Å². The van der Waals surface area contributed by atoms with E-state index in [-0.39, 0.29) is 12.1 Å². The minimum Gasteiger partial charge on any atom is -0.279 e. The fraction of sp³-hybridized carbons (Fsp3) is 0.0909. The number of nitrogens with zero attached hydrogens (tertiary/aromatic N) is 4. The number of thioether (sulfide) groups is 1. The van der Waals surface area contributed by atoms with Gasteiger partial charge in [-0.15, -0.1) is 11.8 Å². The largest absolute Gasteiger partial charge is 0.279 e. The molecule has 166 valence electrons. The number of anilines is 1. The predicted octanol–water partition coefficient (Wildman–Crippen LogP) is 5.68. The monoisotopic (exact) mass is 480 g/mol. The number of benzene rings is 3. The van der Waals surface area contributed by atoms with Crippen LogP contribution in [0.25, 0.3) is 10.2 Å². The van der Waals surface area contributed by atoms with E-state index < -0.39 is 27.1 Å². The Bertz CT molecular complexity index is 1340. The molecular weight excluding hydrogens is 464 g/mol. The van der Waals surface area contributed by atoms with Crippen LogP contribution in [0.1, 0.15) is 15.9 Å².